The lowest BCUT2D eigenvalue weighted by Crippen LogP contribution is -2.35. The summed E-state index contributed by atoms with van der Waals surface area (Å²) >= 11 is 0. The second kappa shape index (κ2) is 8.24. The van der Waals surface area contributed by atoms with Crippen LogP contribution >= 0.6 is 0 Å². The van der Waals surface area contributed by atoms with Crippen LogP contribution in [0.4, 0.5) is 10.5 Å². The molecule has 10 nitrogen and oxygen atoms in total. The van der Waals surface area contributed by atoms with Crippen molar-refractivity contribution < 1.29 is 33.9 Å². The molecule has 0 aliphatic carbocycles. The standard InChI is InChI=1S/C18H22N2O8/c1-18(2,3)28-17(24)19-7-6-11(9-19)10-27-16(23)13-5-4-12(20(25)26)8-14(13)15(21)22/h4-5,8,11H,6-7,9-10H2,1-3H3,(H,21,22). The Labute approximate surface area is 161 Å². The van der Waals surface area contributed by atoms with Crippen LogP contribution in [0.5, 0.6) is 0 Å². The highest BCUT2D eigenvalue weighted by atomic mass is 16.6. The molecule has 1 unspecified atom stereocenters. The average molecular weight is 394 g/mol. The lowest BCUT2D eigenvalue weighted by molar-refractivity contribution is -0.384. The molecule has 10 heteroatoms. The fourth-order valence-electron chi connectivity index (χ4n) is 2.73. The van der Waals surface area contributed by atoms with Crippen molar-refractivity contribution in [2.75, 3.05) is 19.7 Å². The van der Waals surface area contributed by atoms with Crippen molar-refractivity contribution in [2.24, 2.45) is 5.92 Å². The van der Waals surface area contributed by atoms with Crippen LogP contribution in [0.1, 0.15) is 47.9 Å². The largest absolute Gasteiger partial charge is 0.478 e. The highest BCUT2D eigenvalue weighted by Crippen LogP contribution is 2.22. The molecule has 1 amide bonds. The molecule has 1 atom stereocenters. The predicted octanol–water partition coefficient (Wildman–Crippen LogP) is 2.71. The molecular formula is C18H22N2O8. The van der Waals surface area contributed by atoms with E-state index in [1.807, 2.05) is 0 Å². The highest BCUT2D eigenvalue weighted by Gasteiger charge is 2.31. The Balaban J connectivity index is 1.97. The Kier molecular flexibility index (Phi) is 6.22. The molecular weight excluding hydrogens is 372 g/mol. The number of likely N-dealkylation sites (tertiary alicyclic amines) is 1. The molecule has 1 aliphatic rings. The zero-order valence-corrected chi connectivity index (χ0v) is 15.8. The molecule has 1 N–H and O–H groups in total. The van der Waals surface area contributed by atoms with Gasteiger partial charge < -0.3 is 19.5 Å². The summed E-state index contributed by atoms with van der Waals surface area (Å²) < 4.78 is 10.5. The molecule has 1 aromatic rings. The SMILES string of the molecule is CC(C)(C)OC(=O)N1CCC(COC(=O)c2ccc([N+](=O)[O-])cc2C(=O)O)C1. The van der Waals surface area contributed by atoms with E-state index in [0.29, 0.717) is 19.5 Å². The van der Waals surface area contributed by atoms with Crippen molar-refractivity contribution in [3.63, 3.8) is 0 Å². The Bertz CT molecular complexity index is 799. The normalized spacial score (nSPS) is 16.5. The Morgan fingerprint density at radius 3 is 2.54 bits per heavy atom. The number of hydrogen-bond acceptors (Lipinski definition) is 7. The van der Waals surface area contributed by atoms with Gasteiger partial charge in [-0.1, -0.05) is 0 Å². The highest BCUT2D eigenvalue weighted by molar-refractivity contribution is 6.03. The molecule has 1 aliphatic heterocycles. The van der Waals surface area contributed by atoms with Gasteiger partial charge >= 0.3 is 18.0 Å². The molecule has 1 aromatic carbocycles. The molecule has 1 saturated heterocycles. The van der Waals surface area contributed by atoms with Crippen LogP contribution in [0.3, 0.4) is 0 Å². The van der Waals surface area contributed by atoms with Crippen LogP contribution in [-0.4, -0.2) is 58.3 Å². The third-order valence-electron chi connectivity index (χ3n) is 4.05. The molecule has 1 heterocycles. The van der Waals surface area contributed by atoms with Gasteiger partial charge in [0.25, 0.3) is 5.69 Å². The monoisotopic (exact) mass is 394 g/mol. The van der Waals surface area contributed by atoms with E-state index >= 15 is 0 Å². The van der Waals surface area contributed by atoms with Crippen LogP contribution in [0.2, 0.25) is 0 Å². The smallest absolute Gasteiger partial charge is 0.410 e. The first kappa shape index (κ1) is 21.1. The third kappa shape index (κ3) is 5.41. The van der Waals surface area contributed by atoms with E-state index in [-0.39, 0.29) is 18.1 Å². The van der Waals surface area contributed by atoms with Crippen LogP contribution in [-0.2, 0) is 9.47 Å². The minimum atomic E-state index is -1.47. The second-order valence-corrected chi connectivity index (χ2v) is 7.47. The van der Waals surface area contributed by atoms with E-state index in [0.717, 1.165) is 18.2 Å². The number of aromatic carboxylic acids is 1. The lowest BCUT2D eigenvalue weighted by Gasteiger charge is -2.24. The number of carbonyl (C=O) groups excluding carboxylic acids is 2. The first-order valence-corrected chi connectivity index (χ1v) is 8.64. The Morgan fingerprint density at radius 2 is 1.96 bits per heavy atom. The fourth-order valence-corrected chi connectivity index (χ4v) is 2.73. The zero-order chi connectivity index (χ0) is 21.1. The number of nitro groups is 1. The van der Waals surface area contributed by atoms with Crippen molar-refractivity contribution in [1.29, 1.82) is 0 Å². The number of benzene rings is 1. The number of rotatable bonds is 5. The molecule has 152 valence electrons. The van der Waals surface area contributed by atoms with Gasteiger partial charge in [-0.2, -0.15) is 0 Å². The molecule has 0 radical (unpaired) electrons. The number of non-ortho nitro benzene ring substituents is 1. The summed E-state index contributed by atoms with van der Waals surface area (Å²) in [5, 5.41) is 20.0. The number of nitrogens with zero attached hydrogens (tertiary/aromatic N) is 2. The van der Waals surface area contributed by atoms with Crippen LogP contribution in [0.25, 0.3) is 0 Å². The molecule has 0 aromatic heterocycles. The van der Waals surface area contributed by atoms with Gasteiger partial charge in [0, 0.05) is 31.1 Å². The van der Waals surface area contributed by atoms with Gasteiger partial charge in [-0.05, 0) is 33.3 Å². The van der Waals surface area contributed by atoms with Crippen LogP contribution < -0.4 is 0 Å². The summed E-state index contributed by atoms with van der Waals surface area (Å²) in [4.78, 5) is 47.2. The number of nitro benzene ring substituents is 1. The van der Waals surface area contributed by atoms with Crippen molar-refractivity contribution >= 4 is 23.7 Å². The lowest BCUT2D eigenvalue weighted by atomic mass is 10.1. The maximum absolute atomic E-state index is 12.3. The molecule has 0 saturated carbocycles. The number of carboxylic acid groups (broad SMARTS) is 1. The van der Waals surface area contributed by atoms with Gasteiger partial charge in [0.15, 0.2) is 0 Å². The zero-order valence-electron chi connectivity index (χ0n) is 15.8. The second-order valence-electron chi connectivity index (χ2n) is 7.47. The van der Waals surface area contributed by atoms with E-state index in [9.17, 15) is 29.6 Å². The van der Waals surface area contributed by atoms with Crippen molar-refractivity contribution in [3.05, 3.63) is 39.4 Å². The van der Waals surface area contributed by atoms with Crippen LogP contribution in [0.15, 0.2) is 18.2 Å². The predicted molar refractivity (Wildman–Crippen MR) is 96.3 cm³/mol. The van der Waals surface area contributed by atoms with Gasteiger partial charge in [0.2, 0.25) is 0 Å². The number of hydrogen-bond donors (Lipinski definition) is 1. The molecule has 2 rings (SSSR count). The van der Waals surface area contributed by atoms with E-state index < -0.39 is 39.8 Å². The first-order valence-electron chi connectivity index (χ1n) is 8.64. The summed E-state index contributed by atoms with van der Waals surface area (Å²) in [5.41, 5.74) is -1.80. The number of amides is 1. The van der Waals surface area contributed by atoms with Crippen molar-refractivity contribution in [2.45, 2.75) is 32.8 Å². The topological polar surface area (TPSA) is 136 Å². The van der Waals surface area contributed by atoms with E-state index in [1.54, 1.807) is 20.8 Å². The number of esters is 1. The molecule has 0 spiro atoms. The summed E-state index contributed by atoms with van der Waals surface area (Å²) in [7, 11) is 0. The Morgan fingerprint density at radius 1 is 1.29 bits per heavy atom. The fraction of sp³-hybridized carbons (Fsp3) is 0.500. The van der Waals surface area contributed by atoms with E-state index in [1.165, 1.54) is 4.90 Å². The maximum atomic E-state index is 12.3. The summed E-state index contributed by atoms with van der Waals surface area (Å²) in [5.74, 6) is -2.46. The van der Waals surface area contributed by atoms with Gasteiger partial charge in [0.1, 0.15) is 5.60 Å². The summed E-state index contributed by atoms with van der Waals surface area (Å²) in [6, 6.07) is 2.92. The summed E-state index contributed by atoms with van der Waals surface area (Å²) in [6.07, 6.45) is 0.170. The number of ether oxygens (including phenoxy) is 2. The van der Waals surface area contributed by atoms with Gasteiger partial charge in [0.05, 0.1) is 22.7 Å². The van der Waals surface area contributed by atoms with Gasteiger partial charge in [-0.3, -0.25) is 10.1 Å². The van der Waals surface area contributed by atoms with Gasteiger partial charge in [-0.15, -0.1) is 0 Å². The number of carbonyl (C=O) groups is 3. The summed E-state index contributed by atoms with van der Waals surface area (Å²) in [6.45, 7) is 6.12. The molecule has 28 heavy (non-hydrogen) atoms. The average Bonchev–Trinajstić information content (AvgIpc) is 3.06. The first-order chi connectivity index (χ1) is 13.0. The minimum Gasteiger partial charge on any atom is -0.478 e. The minimum absolute atomic E-state index is 0.00578. The van der Waals surface area contributed by atoms with Crippen molar-refractivity contribution in [3.8, 4) is 0 Å². The maximum Gasteiger partial charge on any atom is 0.410 e. The van der Waals surface area contributed by atoms with E-state index in [2.05, 4.69) is 0 Å². The van der Waals surface area contributed by atoms with E-state index in [4.69, 9.17) is 9.47 Å². The molecule has 1 fully saturated rings. The van der Waals surface area contributed by atoms with Crippen molar-refractivity contribution in [1.82, 2.24) is 4.90 Å². The van der Waals surface area contributed by atoms with Gasteiger partial charge in [-0.25, -0.2) is 14.4 Å². The quantitative estimate of drug-likeness (QED) is 0.457. The molecule has 0 bridgehead atoms. The number of carboxylic acids is 1. The third-order valence-corrected chi connectivity index (χ3v) is 4.05. The van der Waals surface area contributed by atoms with Crippen LogP contribution in [0, 0.1) is 16.0 Å². The Hall–Kier alpha value is -3.17.